The van der Waals surface area contributed by atoms with E-state index in [0.717, 1.165) is 0 Å². The second kappa shape index (κ2) is 11.5. The van der Waals surface area contributed by atoms with E-state index in [1.54, 1.807) is 0 Å². The van der Waals surface area contributed by atoms with Gasteiger partial charge in [0.05, 0.1) is 0 Å². The van der Waals surface area contributed by atoms with Crippen LogP contribution in [0.2, 0.25) is 0 Å². The molecule has 0 radical (unpaired) electrons. The van der Waals surface area contributed by atoms with Crippen molar-refractivity contribution in [2.45, 2.75) is 41.5 Å². The number of aryl methyl sites for hydroxylation is 1. The first-order valence-electron chi connectivity index (χ1n) is 5.73. The van der Waals surface area contributed by atoms with Gasteiger partial charge in [-0.15, -0.1) is 9.24 Å². The van der Waals surface area contributed by atoms with Crippen LogP contribution in [-0.2, 0) is 0 Å². The van der Waals surface area contributed by atoms with Gasteiger partial charge in [-0.3, -0.25) is 0 Å². The Bertz CT molecular complexity index is 275. The smallest absolute Gasteiger partial charge is 0.0224 e. The quantitative estimate of drug-likeness (QED) is 0.612. The molecule has 0 saturated heterocycles. The van der Waals surface area contributed by atoms with Crippen LogP contribution in [0.15, 0.2) is 24.3 Å². The van der Waals surface area contributed by atoms with Crippen molar-refractivity contribution >= 4 is 20.6 Å². The van der Waals surface area contributed by atoms with E-state index < -0.39 is 0 Å². The molecule has 0 aliphatic heterocycles. The van der Waals surface area contributed by atoms with Crippen molar-refractivity contribution in [2.24, 2.45) is 0 Å². The van der Waals surface area contributed by atoms with Crippen molar-refractivity contribution in [1.29, 1.82) is 0 Å². The van der Waals surface area contributed by atoms with Gasteiger partial charge in [0.2, 0.25) is 0 Å². The Morgan fingerprint density at radius 1 is 1.07 bits per heavy atom. The van der Waals surface area contributed by atoms with Gasteiger partial charge in [0, 0.05) is 0 Å². The van der Waals surface area contributed by atoms with Crippen molar-refractivity contribution in [3.63, 3.8) is 0 Å². The summed E-state index contributed by atoms with van der Waals surface area (Å²) in [6.07, 6.45) is 4.19. The van der Waals surface area contributed by atoms with Gasteiger partial charge >= 0.3 is 0 Å². The zero-order chi connectivity index (χ0) is 12.3. The Balaban J connectivity index is 0. The van der Waals surface area contributed by atoms with Crippen molar-refractivity contribution in [3.8, 4) is 0 Å². The SMILES string of the molecule is C/C=C\c1cc(P)ccc1C.CC.CC. The largest absolute Gasteiger partial charge is 0.106 e. The summed E-state index contributed by atoms with van der Waals surface area (Å²) < 4.78 is 0. The third-order valence-corrected chi connectivity index (χ3v) is 2.01. The number of hydrogen-bond donors (Lipinski definition) is 0. The lowest BCUT2D eigenvalue weighted by atomic mass is 10.1. The van der Waals surface area contributed by atoms with E-state index in [1.165, 1.54) is 16.4 Å². The number of benzene rings is 1. The predicted molar refractivity (Wildman–Crippen MR) is 77.9 cm³/mol. The van der Waals surface area contributed by atoms with Gasteiger partial charge in [0.25, 0.3) is 0 Å². The van der Waals surface area contributed by atoms with Crippen LogP contribution in [0, 0.1) is 6.92 Å². The Morgan fingerprint density at radius 2 is 1.60 bits per heavy atom. The molecule has 1 aromatic rings. The van der Waals surface area contributed by atoms with E-state index in [9.17, 15) is 0 Å². The zero-order valence-corrected chi connectivity index (χ0v) is 12.1. The predicted octanol–water partition coefficient (Wildman–Crippen LogP) is 4.58. The first-order valence-corrected chi connectivity index (χ1v) is 6.30. The normalized spacial score (nSPS) is 8.73. The summed E-state index contributed by atoms with van der Waals surface area (Å²) in [5, 5.41) is 1.24. The van der Waals surface area contributed by atoms with Crippen LogP contribution in [0.5, 0.6) is 0 Å². The lowest BCUT2D eigenvalue weighted by Crippen LogP contribution is -1.91. The molecular weight excluding hydrogens is 199 g/mol. The van der Waals surface area contributed by atoms with E-state index >= 15 is 0 Å². The lowest BCUT2D eigenvalue weighted by molar-refractivity contribution is 1.46. The van der Waals surface area contributed by atoms with Crippen LogP contribution >= 0.6 is 9.24 Å². The second-order valence-electron chi connectivity index (χ2n) is 2.62. The maximum absolute atomic E-state index is 2.70. The van der Waals surface area contributed by atoms with Crippen molar-refractivity contribution in [3.05, 3.63) is 35.4 Å². The maximum Gasteiger partial charge on any atom is -0.0224 e. The van der Waals surface area contributed by atoms with Gasteiger partial charge in [0.1, 0.15) is 0 Å². The molecule has 0 spiro atoms. The number of hydrogen-bond acceptors (Lipinski definition) is 0. The minimum Gasteiger partial charge on any atom is -0.106 e. The number of allylic oxidation sites excluding steroid dienone is 1. The van der Waals surface area contributed by atoms with Gasteiger partial charge in [-0.05, 0) is 36.3 Å². The first kappa shape index (κ1) is 16.8. The average molecular weight is 224 g/mol. The summed E-state index contributed by atoms with van der Waals surface area (Å²) in [4.78, 5) is 0. The third kappa shape index (κ3) is 7.33. The average Bonchev–Trinajstić information content (AvgIpc) is 2.29. The monoisotopic (exact) mass is 224 g/mol. The molecule has 0 nitrogen and oxygen atoms in total. The van der Waals surface area contributed by atoms with Crippen molar-refractivity contribution in [2.75, 3.05) is 0 Å². The topological polar surface area (TPSA) is 0 Å². The summed E-state index contributed by atoms with van der Waals surface area (Å²) in [7, 11) is 2.70. The summed E-state index contributed by atoms with van der Waals surface area (Å²) in [5.41, 5.74) is 2.63. The lowest BCUT2D eigenvalue weighted by Gasteiger charge is -2.00. The molecule has 1 aromatic carbocycles. The highest BCUT2D eigenvalue weighted by Gasteiger charge is 1.92. The van der Waals surface area contributed by atoms with E-state index in [1.807, 2.05) is 34.6 Å². The molecule has 1 atom stereocenters. The van der Waals surface area contributed by atoms with Crippen molar-refractivity contribution < 1.29 is 0 Å². The van der Waals surface area contributed by atoms with Crippen LogP contribution in [0.3, 0.4) is 0 Å². The summed E-state index contributed by atoms with van der Waals surface area (Å²) in [5.74, 6) is 0. The van der Waals surface area contributed by atoms with Gasteiger partial charge in [-0.2, -0.15) is 0 Å². The summed E-state index contributed by atoms with van der Waals surface area (Å²) in [6, 6.07) is 6.41. The fraction of sp³-hybridized carbons (Fsp3) is 0.429. The molecule has 0 saturated carbocycles. The first-order chi connectivity index (χ1) is 7.24. The van der Waals surface area contributed by atoms with Crippen LogP contribution < -0.4 is 5.30 Å². The Hall–Kier alpha value is -0.610. The summed E-state index contributed by atoms with van der Waals surface area (Å²) >= 11 is 0. The summed E-state index contributed by atoms with van der Waals surface area (Å²) in [6.45, 7) is 12.2. The minimum absolute atomic E-state index is 1.24. The van der Waals surface area contributed by atoms with Gasteiger partial charge in [-0.1, -0.05) is 52.0 Å². The van der Waals surface area contributed by atoms with Gasteiger partial charge in [0.15, 0.2) is 0 Å². The van der Waals surface area contributed by atoms with Crippen LogP contribution in [0.25, 0.3) is 6.08 Å². The Morgan fingerprint density at radius 3 is 2.07 bits per heavy atom. The highest BCUT2D eigenvalue weighted by atomic mass is 31.0. The van der Waals surface area contributed by atoms with Crippen LogP contribution in [0.4, 0.5) is 0 Å². The molecule has 86 valence electrons. The molecular formula is C14H25P. The molecule has 1 rings (SSSR count). The highest BCUT2D eigenvalue weighted by molar-refractivity contribution is 7.27. The molecule has 0 amide bonds. The van der Waals surface area contributed by atoms with E-state index in [4.69, 9.17) is 0 Å². The molecule has 0 aliphatic rings. The molecule has 1 heteroatoms. The minimum atomic E-state index is 1.24. The van der Waals surface area contributed by atoms with Crippen LogP contribution in [-0.4, -0.2) is 0 Å². The standard InChI is InChI=1S/C10H13P.2C2H6/c1-3-4-9-7-10(11)6-5-8(9)2;2*1-2/h3-7H,11H2,1-2H3;2*1-2H3/b4-3-;;. The Labute approximate surface area is 98.0 Å². The maximum atomic E-state index is 2.70. The van der Waals surface area contributed by atoms with Gasteiger partial charge in [-0.25, -0.2) is 0 Å². The Kier molecular flexibility index (Phi) is 12.8. The third-order valence-electron chi connectivity index (χ3n) is 1.65. The molecule has 1 unspecified atom stereocenters. The molecule has 0 aliphatic carbocycles. The van der Waals surface area contributed by atoms with E-state index in [0.29, 0.717) is 0 Å². The number of rotatable bonds is 1. The van der Waals surface area contributed by atoms with Gasteiger partial charge < -0.3 is 0 Å². The zero-order valence-electron chi connectivity index (χ0n) is 11.0. The molecule has 15 heavy (non-hydrogen) atoms. The molecule has 0 bridgehead atoms. The van der Waals surface area contributed by atoms with E-state index in [-0.39, 0.29) is 0 Å². The fourth-order valence-electron chi connectivity index (χ4n) is 1.02. The van der Waals surface area contributed by atoms with Crippen molar-refractivity contribution in [1.82, 2.24) is 0 Å². The van der Waals surface area contributed by atoms with Crippen LogP contribution in [0.1, 0.15) is 45.7 Å². The fourth-order valence-corrected chi connectivity index (χ4v) is 1.29. The molecule has 0 aromatic heterocycles. The molecule has 0 N–H and O–H groups in total. The second-order valence-corrected chi connectivity index (χ2v) is 3.28. The highest BCUT2D eigenvalue weighted by Crippen LogP contribution is 2.08. The molecule has 0 heterocycles. The van der Waals surface area contributed by atoms with E-state index in [2.05, 4.69) is 46.5 Å². The molecule has 0 fully saturated rings.